The SMILES string of the molecule is CC(C)C1CCCCC1NC(=O)OCCO. The number of alkyl carbamates (subject to hydrolysis) is 1. The molecule has 2 atom stereocenters. The first kappa shape index (κ1) is 13.3. The molecule has 0 aromatic rings. The van der Waals surface area contributed by atoms with Gasteiger partial charge in [0.1, 0.15) is 6.61 Å². The Balaban J connectivity index is 2.40. The third-order valence-electron chi connectivity index (χ3n) is 3.30. The summed E-state index contributed by atoms with van der Waals surface area (Å²) < 4.78 is 4.82. The van der Waals surface area contributed by atoms with E-state index in [2.05, 4.69) is 19.2 Å². The molecule has 94 valence electrons. The second-order valence-corrected chi connectivity index (χ2v) is 4.80. The fourth-order valence-electron chi connectivity index (χ4n) is 2.47. The molecule has 0 spiro atoms. The van der Waals surface area contributed by atoms with E-state index in [1.165, 1.54) is 19.3 Å². The van der Waals surface area contributed by atoms with Crippen LogP contribution in [0.5, 0.6) is 0 Å². The highest BCUT2D eigenvalue weighted by molar-refractivity contribution is 5.67. The van der Waals surface area contributed by atoms with Gasteiger partial charge in [-0.3, -0.25) is 0 Å². The summed E-state index contributed by atoms with van der Waals surface area (Å²) in [7, 11) is 0. The lowest BCUT2D eigenvalue weighted by Crippen LogP contribution is -2.44. The predicted octanol–water partition coefficient (Wildman–Crippen LogP) is 1.92. The normalized spacial score (nSPS) is 25.5. The van der Waals surface area contributed by atoms with E-state index < -0.39 is 6.09 Å². The van der Waals surface area contributed by atoms with Gasteiger partial charge in [0.2, 0.25) is 0 Å². The number of aliphatic hydroxyl groups is 1. The highest BCUT2D eigenvalue weighted by atomic mass is 16.6. The van der Waals surface area contributed by atoms with Crippen molar-refractivity contribution in [2.75, 3.05) is 13.2 Å². The Kier molecular flexibility index (Phi) is 5.60. The Morgan fingerprint density at radius 2 is 2.12 bits per heavy atom. The van der Waals surface area contributed by atoms with Crippen LogP contribution in [0.1, 0.15) is 39.5 Å². The molecule has 1 saturated carbocycles. The van der Waals surface area contributed by atoms with Crippen molar-refractivity contribution in [1.82, 2.24) is 5.32 Å². The Hall–Kier alpha value is -0.770. The number of rotatable bonds is 4. The van der Waals surface area contributed by atoms with Gasteiger partial charge < -0.3 is 15.2 Å². The molecule has 0 heterocycles. The van der Waals surface area contributed by atoms with E-state index in [0.717, 1.165) is 6.42 Å². The summed E-state index contributed by atoms with van der Waals surface area (Å²) in [6.45, 7) is 4.35. The van der Waals surface area contributed by atoms with Crippen LogP contribution >= 0.6 is 0 Å². The minimum absolute atomic E-state index is 0.0743. The second-order valence-electron chi connectivity index (χ2n) is 4.80. The molecule has 4 nitrogen and oxygen atoms in total. The zero-order chi connectivity index (χ0) is 12.0. The van der Waals surface area contributed by atoms with Gasteiger partial charge in [0.05, 0.1) is 6.61 Å². The summed E-state index contributed by atoms with van der Waals surface area (Å²) in [5, 5.41) is 11.5. The number of hydrogen-bond donors (Lipinski definition) is 2. The van der Waals surface area contributed by atoms with Crippen LogP contribution < -0.4 is 5.32 Å². The Morgan fingerprint density at radius 1 is 1.44 bits per heavy atom. The highest BCUT2D eigenvalue weighted by Crippen LogP contribution is 2.30. The standard InChI is InChI=1S/C12H23NO3/c1-9(2)10-5-3-4-6-11(10)13-12(15)16-8-7-14/h9-11,14H,3-8H2,1-2H3,(H,13,15). The minimum atomic E-state index is -0.397. The molecule has 0 bridgehead atoms. The van der Waals surface area contributed by atoms with Gasteiger partial charge in [0, 0.05) is 6.04 Å². The molecule has 1 aliphatic rings. The third-order valence-corrected chi connectivity index (χ3v) is 3.30. The maximum absolute atomic E-state index is 11.4. The number of amides is 1. The van der Waals surface area contributed by atoms with E-state index in [4.69, 9.17) is 9.84 Å². The molecule has 0 aliphatic heterocycles. The smallest absolute Gasteiger partial charge is 0.407 e. The fourth-order valence-corrected chi connectivity index (χ4v) is 2.47. The van der Waals surface area contributed by atoms with Crippen molar-refractivity contribution >= 4 is 6.09 Å². The van der Waals surface area contributed by atoms with Crippen LogP contribution in [0, 0.1) is 11.8 Å². The lowest BCUT2D eigenvalue weighted by atomic mass is 9.78. The number of carbonyl (C=O) groups excluding carboxylic acids is 1. The molecule has 0 radical (unpaired) electrons. The number of ether oxygens (including phenoxy) is 1. The quantitative estimate of drug-likeness (QED) is 0.774. The van der Waals surface area contributed by atoms with Gasteiger partial charge in [-0.15, -0.1) is 0 Å². The number of nitrogens with one attached hydrogen (secondary N) is 1. The summed E-state index contributed by atoms with van der Waals surface area (Å²) in [6.07, 6.45) is 4.26. The number of hydrogen-bond acceptors (Lipinski definition) is 3. The number of aliphatic hydroxyl groups excluding tert-OH is 1. The molecule has 2 N–H and O–H groups in total. The zero-order valence-electron chi connectivity index (χ0n) is 10.2. The molecule has 0 aromatic carbocycles. The maximum atomic E-state index is 11.4. The summed E-state index contributed by atoms with van der Waals surface area (Å²) >= 11 is 0. The average Bonchev–Trinajstić information content (AvgIpc) is 2.27. The van der Waals surface area contributed by atoms with Gasteiger partial charge in [0.25, 0.3) is 0 Å². The maximum Gasteiger partial charge on any atom is 0.407 e. The molecular weight excluding hydrogens is 206 g/mol. The minimum Gasteiger partial charge on any atom is -0.447 e. The van der Waals surface area contributed by atoms with Crippen molar-refractivity contribution in [1.29, 1.82) is 0 Å². The van der Waals surface area contributed by atoms with Crippen LogP contribution in [0.2, 0.25) is 0 Å². The van der Waals surface area contributed by atoms with Gasteiger partial charge in [-0.2, -0.15) is 0 Å². The second kappa shape index (κ2) is 6.74. The zero-order valence-corrected chi connectivity index (χ0v) is 10.2. The van der Waals surface area contributed by atoms with E-state index in [1.807, 2.05) is 0 Å². The van der Waals surface area contributed by atoms with Gasteiger partial charge in [-0.25, -0.2) is 4.79 Å². The Bertz CT molecular complexity index is 218. The van der Waals surface area contributed by atoms with Crippen LogP contribution in [0.4, 0.5) is 4.79 Å². The largest absolute Gasteiger partial charge is 0.447 e. The lowest BCUT2D eigenvalue weighted by molar-refractivity contribution is 0.106. The molecule has 16 heavy (non-hydrogen) atoms. The summed E-state index contributed by atoms with van der Waals surface area (Å²) in [4.78, 5) is 11.4. The number of carbonyl (C=O) groups is 1. The molecule has 1 amide bonds. The van der Waals surface area contributed by atoms with E-state index in [-0.39, 0.29) is 19.3 Å². The first-order chi connectivity index (χ1) is 7.65. The lowest BCUT2D eigenvalue weighted by Gasteiger charge is -2.34. The molecule has 0 aromatic heterocycles. The highest BCUT2D eigenvalue weighted by Gasteiger charge is 2.28. The van der Waals surface area contributed by atoms with Gasteiger partial charge in [-0.05, 0) is 24.7 Å². The first-order valence-corrected chi connectivity index (χ1v) is 6.19. The van der Waals surface area contributed by atoms with Crippen molar-refractivity contribution < 1.29 is 14.6 Å². The van der Waals surface area contributed by atoms with Crippen molar-refractivity contribution in [2.24, 2.45) is 11.8 Å². The molecule has 4 heteroatoms. The van der Waals surface area contributed by atoms with E-state index in [1.54, 1.807) is 0 Å². The molecule has 1 aliphatic carbocycles. The average molecular weight is 229 g/mol. The van der Waals surface area contributed by atoms with E-state index >= 15 is 0 Å². The van der Waals surface area contributed by atoms with Gasteiger partial charge >= 0.3 is 6.09 Å². The summed E-state index contributed by atoms with van der Waals surface area (Å²) in [5.74, 6) is 1.14. The molecule has 1 rings (SSSR count). The van der Waals surface area contributed by atoms with Crippen molar-refractivity contribution in [3.8, 4) is 0 Å². The van der Waals surface area contributed by atoms with Crippen LogP contribution in [-0.2, 0) is 4.74 Å². The van der Waals surface area contributed by atoms with E-state index in [9.17, 15) is 4.79 Å². The fraction of sp³-hybridized carbons (Fsp3) is 0.917. The topological polar surface area (TPSA) is 58.6 Å². The summed E-state index contributed by atoms with van der Waals surface area (Å²) in [6, 6.07) is 0.236. The molecule has 2 unspecified atom stereocenters. The Labute approximate surface area is 97.4 Å². The molecule has 0 saturated heterocycles. The first-order valence-electron chi connectivity index (χ1n) is 6.19. The van der Waals surface area contributed by atoms with Crippen molar-refractivity contribution in [2.45, 2.75) is 45.6 Å². The van der Waals surface area contributed by atoms with Crippen LogP contribution in [0.25, 0.3) is 0 Å². The van der Waals surface area contributed by atoms with Crippen LogP contribution in [0.15, 0.2) is 0 Å². The predicted molar refractivity (Wildman–Crippen MR) is 62.2 cm³/mol. The van der Waals surface area contributed by atoms with Crippen molar-refractivity contribution in [3.63, 3.8) is 0 Å². The monoisotopic (exact) mass is 229 g/mol. The van der Waals surface area contributed by atoms with Crippen molar-refractivity contribution in [3.05, 3.63) is 0 Å². The van der Waals surface area contributed by atoms with Gasteiger partial charge in [-0.1, -0.05) is 26.7 Å². The van der Waals surface area contributed by atoms with Gasteiger partial charge in [0.15, 0.2) is 0 Å². The third kappa shape index (κ3) is 4.00. The van der Waals surface area contributed by atoms with E-state index in [0.29, 0.717) is 11.8 Å². The Morgan fingerprint density at radius 3 is 2.75 bits per heavy atom. The van der Waals surface area contributed by atoms with Crippen LogP contribution in [0.3, 0.4) is 0 Å². The summed E-state index contributed by atoms with van der Waals surface area (Å²) in [5.41, 5.74) is 0. The van der Waals surface area contributed by atoms with Crippen LogP contribution in [-0.4, -0.2) is 30.5 Å². The molecular formula is C12H23NO3. The molecule has 1 fully saturated rings.